The van der Waals surface area contributed by atoms with Gasteiger partial charge in [-0.25, -0.2) is 4.79 Å². The van der Waals surface area contributed by atoms with Crippen LogP contribution in [-0.2, 0) is 9.53 Å². The number of methoxy groups -OCH3 is 1. The van der Waals surface area contributed by atoms with E-state index in [2.05, 4.69) is 15.9 Å². The SMILES string of the molecule is COC(=O)C(c1ccccc1Cl)N1CCN(C(=O)c2ccccc2Br)CC1. The molecule has 142 valence electrons. The summed E-state index contributed by atoms with van der Waals surface area (Å²) >= 11 is 9.74. The van der Waals surface area contributed by atoms with Crippen molar-refractivity contribution in [2.75, 3.05) is 33.3 Å². The highest BCUT2D eigenvalue weighted by molar-refractivity contribution is 9.10. The monoisotopic (exact) mass is 450 g/mol. The first-order chi connectivity index (χ1) is 13.0. The molecule has 1 heterocycles. The summed E-state index contributed by atoms with van der Waals surface area (Å²) in [6.07, 6.45) is 0. The molecule has 1 atom stereocenters. The molecule has 1 fully saturated rings. The number of hydrogen-bond acceptors (Lipinski definition) is 4. The second-order valence-electron chi connectivity index (χ2n) is 6.26. The van der Waals surface area contributed by atoms with Crippen LogP contribution < -0.4 is 0 Å². The van der Waals surface area contributed by atoms with E-state index in [4.69, 9.17) is 16.3 Å². The molecule has 7 heteroatoms. The fourth-order valence-corrected chi connectivity index (χ4v) is 3.96. The molecule has 1 aliphatic heterocycles. The van der Waals surface area contributed by atoms with Gasteiger partial charge < -0.3 is 9.64 Å². The fraction of sp³-hybridized carbons (Fsp3) is 0.300. The number of ether oxygens (including phenoxy) is 1. The van der Waals surface area contributed by atoms with Crippen LogP contribution in [0.25, 0.3) is 0 Å². The molecular weight excluding hydrogens is 432 g/mol. The van der Waals surface area contributed by atoms with Gasteiger partial charge in [0.25, 0.3) is 5.91 Å². The van der Waals surface area contributed by atoms with E-state index in [0.717, 1.165) is 10.0 Å². The molecular formula is C20H20BrClN2O3. The largest absolute Gasteiger partial charge is 0.468 e. The summed E-state index contributed by atoms with van der Waals surface area (Å²) in [5, 5.41) is 0.527. The Labute approximate surface area is 172 Å². The van der Waals surface area contributed by atoms with Crippen molar-refractivity contribution in [3.63, 3.8) is 0 Å². The van der Waals surface area contributed by atoms with Crippen LogP contribution in [0.4, 0.5) is 0 Å². The van der Waals surface area contributed by atoms with E-state index in [-0.39, 0.29) is 11.9 Å². The summed E-state index contributed by atoms with van der Waals surface area (Å²) in [5.41, 5.74) is 1.36. The van der Waals surface area contributed by atoms with Crippen LogP contribution in [0.1, 0.15) is 22.0 Å². The lowest BCUT2D eigenvalue weighted by molar-refractivity contribution is -0.148. The lowest BCUT2D eigenvalue weighted by Crippen LogP contribution is -2.51. The van der Waals surface area contributed by atoms with Gasteiger partial charge in [-0.1, -0.05) is 41.9 Å². The molecule has 0 radical (unpaired) electrons. The summed E-state index contributed by atoms with van der Waals surface area (Å²) in [7, 11) is 1.37. The molecule has 1 unspecified atom stereocenters. The van der Waals surface area contributed by atoms with Gasteiger partial charge in [0.15, 0.2) is 0 Å². The van der Waals surface area contributed by atoms with Gasteiger partial charge in [0.1, 0.15) is 6.04 Å². The first-order valence-corrected chi connectivity index (χ1v) is 9.80. The Kier molecular flexibility index (Phi) is 6.52. The summed E-state index contributed by atoms with van der Waals surface area (Å²) in [6, 6.07) is 14.1. The molecule has 0 aromatic heterocycles. The molecule has 27 heavy (non-hydrogen) atoms. The van der Waals surface area contributed by atoms with E-state index in [1.54, 1.807) is 17.0 Å². The fourth-order valence-electron chi connectivity index (χ4n) is 3.27. The number of nitrogens with zero attached hydrogens (tertiary/aromatic N) is 2. The van der Waals surface area contributed by atoms with Crippen molar-refractivity contribution in [1.29, 1.82) is 0 Å². The molecule has 0 N–H and O–H groups in total. The molecule has 1 saturated heterocycles. The number of esters is 1. The first-order valence-electron chi connectivity index (χ1n) is 8.63. The Hall–Kier alpha value is -1.89. The van der Waals surface area contributed by atoms with Crippen molar-refractivity contribution < 1.29 is 14.3 Å². The van der Waals surface area contributed by atoms with E-state index in [0.29, 0.717) is 36.8 Å². The van der Waals surface area contributed by atoms with Gasteiger partial charge in [-0.2, -0.15) is 0 Å². The predicted molar refractivity (Wildman–Crippen MR) is 108 cm³/mol. The third kappa shape index (κ3) is 4.34. The molecule has 0 bridgehead atoms. The maximum absolute atomic E-state index is 12.8. The van der Waals surface area contributed by atoms with Crippen LogP contribution in [0, 0.1) is 0 Å². The number of rotatable bonds is 4. The normalized spacial score (nSPS) is 16.0. The zero-order valence-electron chi connectivity index (χ0n) is 14.9. The maximum Gasteiger partial charge on any atom is 0.327 e. The van der Waals surface area contributed by atoms with Crippen LogP contribution >= 0.6 is 27.5 Å². The molecule has 2 aromatic rings. The molecule has 3 rings (SSSR count). The quantitative estimate of drug-likeness (QED) is 0.664. The number of hydrogen-bond donors (Lipinski definition) is 0. The number of carbonyl (C=O) groups is 2. The van der Waals surface area contributed by atoms with E-state index >= 15 is 0 Å². The van der Waals surface area contributed by atoms with Gasteiger partial charge in [0.05, 0.1) is 12.7 Å². The van der Waals surface area contributed by atoms with E-state index in [1.165, 1.54) is 7.11 Å². The number of amides is 1. The van der Waals surface area contributed by atoms with Crippen LogP contribution in [0.15, 0.2) is 53.0 Å². The number of carbonyl (C=O) groups excluding carboxylic acids is 2. The minimum absolute atomic E-state index is 0.0190. The van der Waals surface area contributed by atoms with Gasteiger partial charge in [-0.3, -0.25) is 9.69 Å². The van der Waals surface area contributed by atoms with Gasteiger partial charge in [0, 0.05) is 35.7 Å². The molecule has 0 spiro atoms. The van der Waals surface area contributed by atoms with Crippen LogP contribution in [0.2, 0.25) is 5.02 Å². The van der Waals surface area contributed by atoms with Crippen molar-refractivity contribution in [2.45, 2.75) is 6.04 Å². The average molecular weight is 452 g/mol. The predicted octanol–water partition coefficient (Wildman–Crippen LogP) is 3.77. The summed E-state index contributed by atoms with van der Waals surface area (Å²) in [4.78, 5) is 29.0. The van der Waals surface area contributed by atoms with Gasteiger partial charge in [-0.15, -0.1) is 0 Å². The van der Waals surface area contributed by atoms with Gasteiger partial charge in [0.2, 0.25) is 0 Å². The van der Waals surface area contributed by atoms with Gasteiger partial charge in [-0.05, 0) is 39.7 Å². The Morgan fingerprint density at radius 1 is 1.04 bits per heavy atom. The van der Waals surface area contributed by atoms with Gasteiger partial charge >= 0.3 is 5.97 Å². The molecule has 1 aliphatic rings. The Morgan fingerprint density at radius 3 is 2.30 bits per heavy atom. The highest BCUT2D eigenvalue weighted by Crippen LogP contribution is 2.30. The highest BCUT2D eigenvalue weighted by atomic mass is 79.9. The summed E-state index contributed by atoms with van der Waals surface area (Å²) in [5.74, 6) is -0.372. The third-order valence-electron chi connectivity index (χ3n) is 4.70. The van der Waals surface area contributed by atoms with Crippen molar-refractivity contribution >= 4 is 39.4 Å². The number of benzene rings is 2. The summed E-state index contributed by atoms with van der Waals surface area (Å²) < 4.78 is 5.79. The van der Waals surface area contributed by atoms with Crippen molar-refractivity contribution in [3.8, 4) is 0 Å². The molecule has 5 nitrogen and oxygen atoms in total. The Morgan fingerprint density at radius 2 is 1.67 bits per heavy atom. The maximum atomic E-state index is 12.8. The van der Waals surface area contributed by atoms with E-state index in [9.17, 15) is 9.59 Å². The smallest absolute Gasteiger partial charge is 0.327 e. The lowest BCUT2D eigenvalue weighted by atomic mass is 10.0. The van der Waals surface area contributed by atoms with Crippen LogP contribution in [0.3, 0.4) is 0 Å². The standard InChI is InChI=1S/C20H20BrClN2O3/c1-27-20(26)18(15-7-3-5-9-17(15)22)23-10-12-24(13-11-23)19(25)14-6-2-4-8-16(14)21/h2-9,18H,10-13H2,1H3. The van der Waals surface area contributed by atoms with Crippen LogP contribution in [0.5, 0.6) is 0 Å². The zero-order valence-corrected chi connectivity index (χ0v) is 17.2. The number of piperazine rings is 1. The molecule has 1 amide bonds. The molecule has 0 saturated carbocycles. The Balaban J connectivity index is 1.75. The molecule has 2 aromatic carbocycles. The third-order valence-corrected chi connectivity index (χ3v) is 5.73. The first kappa shape index (κ1) is 19.9. The van der Waals surface area contributed by atoms with Crippen molar-refractivity contribution in [3.05, 3.63) is 69.2 Å². The van der Waals surface area contributed by atoms with E-state index < -0.39 is 6.04 Å². The van der Waals surface area contributed by atoms with Crippen molar-refractivity contribution in [1.82, 2.24) is 9.80 Å². The molecule has 0 aliphatic carbocycles. The van der Waals surface area contributed by atoms with E-state index in [1.807, 2.05) is 41.3 Å². The van der Waals surface area contributed by atoms with Crippen LogP contribution in [-0.4, -0.2) is 55.0 Å². The topological polar surface area (TPSA) is 49.9 Å². The van der Waals surface area contributed by atoms with Crippen molar-refractivity contribution in [2.24, 2.45) is 0 Å². The minimum Gasteiger partial charge on any atom is -0.468 e. The number of halogens is 2. The average Bonchev–Trinajstić information content (AvgIpc) is 2.70. The second kappa shape index (κ2) is 8.87. The zero-order chi connectivity index (χ0) is 19.4. The second-order valence-corrected chi connectivity index (χ2v) is 7.52. The Bertz CT molecular complexity index is 837. The minimum atomic E-state index is -0.579. The lowest BCUT2D eigenvalue weighted by Gasteiger charge is -2.38. The summed E-state index contributed by atoms with van der Waals surface area (Å²) in [6.45, 7) is 2.17. The highest BCUT2D eigenvalue weighted by Gasteiger charge is 2.33.